The molecule has 1 aliphatic rings. The average molecular weight is 338 g/mol. The average Bonchev–Trinajstić information content (AvgIpc) is 2.99. The number of hydrogen-bond acceptors (Lipinski definition) is 5. The van der Waals surface area contributed by atoms with Crippen LogP contribution >= 0.6 is 11.3 Å². The maximum Gasteiger partial charge on any atom is 0.265 e. The van der Waals surface area contributed by atoms with Gasteiger partial charge in [-0.1, -0.05) is 18.2 Å². The Balaban J connectivity index is 2.26. The maximum absolute atomic E-state index is 12.8. The van der Waals surface area contributed by atoms with Gasteiger partial charge in [-0.05, 0) is 25.4 Å². The van der Waals surface area contributed by atoms with Crippen LogP contribution in [0.4, 0.5) is 5.69 Å². The Kier molecular flexibility index (Phi) is 3.98. The molecule has 0 spiro atoms. The summed E-state index contributed by atoms with van der Waals surface area (Å²) in [4.78, 5) is 0.324. The van der Waals surface area contributed by atoms with Gasteiger partial charge in [0.25, 0.3) is 10.0 Å². The molecule has 1 aromatic heterocycles. The van der Waals surface area contributed by atoms with Crippen molar-refractivity contribution < 1.29 is 13.2 Å². The molecule has 2 atom stereocenters. The number of para-hydroxylation sites is 1. The highest BCUT2D eigenvalue weighted by molar-refractivity contribution is 7.93. The number of rotatable bonds is 3. The van der Waals surface area contributed by atoms with Crippen molar-refractivity contribution in [2.45, 2.75) is 24.2 Å². The van der Waals surface area contributed by atoms with Gasteiger partial charge >= 0.3 is 0 Å². The van der Waals surface area contributed by atoms with E-state index in [4.69, 9.17) is 4.74 Å². The fourth-order valence-corrected chi connectivity index (χ4v) is 5.19. The van der Waals surface area contributed by atoms with Crippen molar-refractivity contribution in [3.05, 3.63) is 46.2 Å². The Morgan fingerprint density at radius 1 is 1.27 bits per heavy atom. The van der Waals surface area contributed by atoms with E-state index in [-0.39, 0.29) is 6.23 Å². The van der Waals surface area contributed by atoms with Crippen molar-refractivity contribution >= 4 is 27.0 Å². The summed E-state index contributed by atoms with van der Waals surface area (Å²) < 4.78 is 33.0. The van der Waals surface area contributed by atoms with Gasteiger partial charge in [0.2, 0.25) is 0 Å². The van der Waals surface area contributed by atoms with Crippen LogP contribution < -0.4 is 9.62 Å². The predicted octanol–water partition coefficient (Wildman–Crippen LogP) is 2.56. The van der Waals surface area contributed by atoms with Crippen molar-refractivity contribution in [3.8, 4) is 0 Å². The molecule has 0 bridgehead atoms. The highest BCUT2D eigenvalue weighted by Gasteiger charge is 2.36. The summed E-state index contributed by atoms with van der Waals surface area (Å²) in [6.07, 6.45) is -0.614. The first-order valence-corrected chi connectivity index (χ1v) is 9.31. The summed E-state index contributed by atoms with van der Waals surface area (Å²) in [5.74, 6) is 0. The number of anilines is 1. The van der Waals surface area contributed by atoms with E-state index in [1.54, 1.807) is 12.4 Å². The standard InChI is InChI=1S/C15H18N2O3S2/c1-10(16-2)20-15-11-6-4-5-7-13(11)17(3)22(18,19)14-9-21-8-12(14)15/h4-10,15-16H,1-3H3. The largest absolute Gasteiger partial charge is 0.351 e. The summed E-state index contributed by atoms with van der Waals surface area (Å²) in [7, 11) is -0.166. The minimum atomic E-state index is -3.56. The highest BCUT2D eigenvalue weighted by Crippen LogP contribution is 2.43. The topological polar surface area (TPSA) is 58.6 Å². The fourth-order valence-electron chi connectivity index (χ4n) is 2.56. The van der Waals surface area contributed by atoms with Crippen molar-refractivity contribution in [2.24, 2.45) is 0 Å². The Hall–Kier alpha value is -1.41. The first kappa shape index (κ1) is 15.5. The van der Waals surface area contributed by atoms with Crippen LogP contribution in [-0.4, -0.2) is 28.7 Å². The Morgan fingerprint density at radius 3 is 2.73 bits per heavy atom. The van der Waals surface area contributed by atoms with Gasteiger partial charge in [-0.2, -0.15) is 11.3 Å². The quantitative estimate of drug-likeness (QED) is 0.874. The monoisotopic (exact) mass is 338 g/mol. The first-order valence-electron chi connectivity index (χ1n) is 6.93. The van der Waals surface area contributed by atoms with Crippen LogP contribution in [0.15, 0.2) is 39.9 Å². The molecular weight excluding hydrogens is 320 g/mol. The molecule has 0 saturated carbocycles. The van der Waals surface area contributed by atoms with Crippen LogP contribution in [0.5, 0.6) is 0 Å². The molecule has 0 amide bonds. The van der Waals surface area contributed by atoms with Gasteiger partial charge in [0.05, 0.1) is 5.69 Å². The molecule has 5 nitrogen and oxygen atoms in total. The Morgan fingerprint density at radius 2 is 2.00 bits per heavy atom. The van der Waals surface area contributed by atoms with E-state index in [1.807, 2.05) is 43.6 Å². The molecule has 2 aromatic rings. The molecule has 0 aliphatic carbocycles. The number of hydrogen-bond donors (Lipinski definition) is 1. The van der Waals surface area contributed by atoms with Gasteiger partial charge in [0.15, 0.2) is 0 Å². The van der Waals surface area contributed by atoms with Gasteiger partial charge in [-0.15, -0.1) is 0 Å². The molecule has 0 radical (unpaired) electrons. The minimum Gasteiger partial charge on any atom is -0.351 e. The lowest BCUT2D eigenvalue weighted by atomic mass is 10.0. The summed E-state index contributed by atoms with van der Waals surface area (Å²) in [6.45, 7) is 1.90. The van der Waals surface area contributed by atoms with Crippen LogP contribution in [-0.2, 0) is 14.8 Å². The summed E-state index contributed by atoms with van der Waals surface area (Å²) in [5.41, 5.74) is 2.20. The van der Waals surface area contributed by atoms with Gasteiger partial charge in [-0.25, -0.2) is 8.42 Å². The molecule has 7 heteroatoms. The van der Waals surface area contributed by atoms with E-state index in [0.717, 1.165) is 5.56 Å². The van der Waals surface area contributed by atoms with Crippen LogP contribution in [0.2, 0.25) is 0 Å². The Labute approximate surface area is 134 Å². The molecule has 1 N–H and O–H groups in total. The van der Waals surface area contributed by atoms with Crippen molar-refractivity contribution in [3.63, 3.8) is 0 Å². The molecule has 118 valence electrons. The van der Waals surface area contributed by atoms with Crippen molar-refractivity contribution in [1.29, 1.82) is 0 Å². The third-order valence-corrected chi connectivity index (χ3v) is 6.62. The van der Waals surface area contributed by atoms with E-state index < -0.39 is 16.1 Å². The molecule has 0 saturated heterocycles. The van der Waals surface area contributed by atoms with Crippen LogP contribution in [0.1, 0.15) is 24.2 Å². The lowest BCUT2D eigenvalue weighted by molar-refractivity contribution is 0.00345. The lowest BCUT2D eigenvalue weighted by Crippen LogP contribution is -2.27. The van der Waals surface area contributed by atoms with E-state index in [1.165, 1.54) is 15.6 Å². The molecule has 1 aliphatic heterocycles. The molecular formula is C15H18N2O3S2. The van der Waals surface area contributed by atoms with Crippen molar-refractivity contribution in [1.82, 2.24) is 5.32 Å². The van der Waals surface area contributed by atoms with Gasteiger partial charge < -0.3 is 4.74 Å². The molecule has 0 fully saturated rings. The third-order valence-electron chi connectivity index (χ3n) is 3.88. The van der Waals surface area contributed by atoms with E-state index in [2.05, 4.69) is 5.32 Å². The second kappa shape index (κ2) is 5.66. The SMILES string of the molecule is CNC(C)OC1c2ccccc2N(C)S(=O)(=O)c2cscc21. The zero-order valence-electron chi connectivity index (χ0n) is 12.6. The first-order chi connectivity index (χ1) is 10.5. The molecule has 3 rings (SSSR count). The summed E-state index contributed by atoms with van der Waals surface area (Å²) >= 11 is 1.38. The second-order valence-electron chi connectivity index (χ2n) is 5.17. The number of sulfonamides is 1. The zero-order valence-corrected chi connectivity index (χ0v) is 14.2. The van der Waals surface area contributed by atoms with Crippen LogP contribution in [0, 0.1) is 0 Å². The highest BCUT2D eigenvalue weighted by atomic mass is 32.2. The summed E-state index contributed by atoms with van der Waals surface area (Å²) in [6, 6.07) is 7.46. The smallest absolute Gasteiger partial charge is 0.265 e. The zero-order chi connectivity index (χ0) is 15.9. The number of benzene rings is 1. The number of nitrogens with one attached hydrogen (secondary N) is 1. The van der Waals surface area contributed by atoms with E-state index in [9.17, 15) is 8.42 Å². The van der Waals surface area contributed by atoms with Gasteiger partial charge in [0.1, 0.15) is 17.2 Å². The molecule has 2 heterocycles. The van der Waals surface area contributed by atoms with Crippen molar-refractivity contribution in [2.75, 3.05) is 18.4 Å². The number of ether oxygens (including phenoxy) is 1. The molecule has 22 heavy (non-hydrogen) atoms. The summed E-state index contributed by atoms with van der Waals surface area (Å²) in [5, 5.41) is 6.57. The number of nitrogens with zero attached hydrogens (tertiary/aromatic N) is 1. The maximum atomic E-state index is 12.8. The number of thiophene rings is 1. The lowest BCUT2D eigenvalue weighted by Gasteiger charge is -2.23. The fraction of sp³-hybridized carbons (Fsp3) is 0.333. The minimum absolute atomic E-state index is 0.197. The van der Waals surface area contributed by atoms with Crippen LogP contribution in [0.25, 0.3) is 0 Å². The number of fused-ring (bicyclic) bond motifs is 2. The van der Waals surface area contributed by atoms with Crippen LogP contribution in [0.3, 0.4) is 0 Å². The normalized spacial score (nSPS) is 20.9. The Bertz CT molecular complexity index is 786. The van der Waals surface area contributed by atoms with Gasteiger partial charge in [0, 0.05) is 23.6 Å². The molecule has 2 unspecified atom stereocenters. The van der Waals surface area contributed by atoms with E-state index in [0.29, 0.717) is 16.1 Å². The second-order valence-corrected chi connectivity index (χ2v) is 7.85. The molecule has 1 aromatic carbocycles. The third kappa shape index (κ3) is 2.34. The van der Waals surface area contributed by atoms with Gasteiger partial charge in [-0.3, -0.25) is 9.62 Å². The van der Waals surface area contributed by atoms with E-state index >= 15 is 0 Å². The predicted molar refractivity (Wildman–Crippen MR) is 87.8 cm³/mol.